The van der Waals surface area contributed by atoms with Gasteiger partial charge in [0.05, 0.1) is 23.9 Å². The van der Waals surface area contributed by atoms with Crippen LogP contribution in [0.3, 0.4) is 0 Å². The molecule has 3 heterocycles. The smallest absolute Gasteiger partial charge is 0.231 e. The predicted molar refractivity (Wildman–Crippen MR) is 104 cm³/mol. The van der Waals surface area contributed by atoms with Gasteiger partial charge in [-0.2, -0.15) is 5.10 Å². The number of hydrogen-bond acceptors (Lipinski definition) is 4. The summed E-state index contributed by atoms with van der Waals surface area (Å²) in [5, 5.41) is 7.49. The molecule has 148 valence electrons. The first kappa shape index (κ1) is 18.7. The van der Waals surface area contributed by atoms with Gasteiger partial charge in [0.1, 0.15) is 0 Å². The average Bonchev–Trinajstić information content (AvgIpc) is 3.12. The zero-order chi connectivity index (χ0) is 19.5. The van der Waals surface area contributed by atoms with E-state index in [9.17, 15) is 9.59 Å². The summed E-state index contributed by atoms with van der Waals surface area (Å²) in [5.74, 6) is -0.256. The summed E-state index contributed by atoms with van der Waals surface area (Å²) >= 11 is 0. The number of amides is 2. The molecule has 1 atom stereocenters. The molecule has 0 aromatic carbocycles. The minimum Gasteiger partial charge on any atom is -0.350 e. The van der Waals surface area contributed by atoms with E-state index in [1.54, 1.807) is 10.9 Å². The normalized spacial score (nSPS) is 19.9. The predicted octanol–water partition coefficient (Wildman–Crippen LogP) is 2.14. The van der Waals surface area contributed by atoms with Gasteiger partial charge >= 0.3 is 0 Å². The van der Waals surface area contributed by atoms with Gasteiger partial charge in [0.2, 0.25) is 11.8 Å². The zero-order valence-corrected chi connectivity index (χ0v) is 16.3. The second-order valence-electron chi connectivity index (χ2n) is 7.86. The highest BCUT2D eigenvalue weighted by atomic mass is 16.2. The molecule has 0 spiro atoms. The van der Waals surface area contributed by atoms with Crippen LogP contribution in [-0.4, -0.2) is 38.0 Å². The van der Waals surface area contributed by atoms with E-state index in [-0.39, 0.29) is 17.7 Å². The molecule has 0 radical (unpaired) electrons. The molecule has 1 N–H and O–H groups in total. The Bertz CT molecular complexity index is 842. The number of nitrogens with one attached hydrogen (secondary N) is 1. The third-order valence-electron chi connectivity index (χ3n) is 5.78. The van der Waals surface area contributed by atoms with E-state index in [1.807, 2.05) is 36.3 Å². The van der Waals surface area contributed by atoms with Gasteiger partial charge in [-0.05, 0) is 25.0 Å². The van der Waals surface area contributed by atoms with Crippen LogP contribution >= 0.6 is 0 Å². The van der Waals surface area contributed by atoms with Gasteiger partial charge in [-0.3, -0.25) is 19.3 Å². The fraction of sp³-hybridized carbons (Fsp3) is 0.524. The van der Waals surface area contributed by atoms with Crippen molar-refractivity contribution in [1.82, 2.24) is 25.0 Å². The summed E-state index contributed by atoms with van der Waals surface area (Å²) in [7, 11) is 1.86. The molecular formula is C21H27N5O2. The zero-order valence-electron chi connectivity index (χ0n) is 16.3. The van der Waals surface area contributed by atoms with E-state index < -0.39 is 5.92 Å². The molecule has 1 saturated carbocycles. The number of carbonyl (C=O) groups excluding carboxylic acids is 2. The maximum atomic E-state index is 13.1. The van der Waals surface area contributed by atoms with Crippen molar-refractivity contribution in [2.45, 2.75) is 51.1 Å². The molecule has 2 aliphatic rings. The van der Waals surface area contributed by atoms with Crippen LogP contribution in [0.5, 0.6) is 0 Å². The lowest BCUT2D eigenvalue weighted by molar-refractivity contribution is -0.138. The fourth-order valence-electron chi connectivity index (χ4n) is 4.33. The molecule has 4 rings (SSSR count). The summed E-state index contributed by atoms with van der Waals surface area (Å²) in [6.45, 7) is 1.31. The maximum absolute atomic E-state index is 13.1. The number of pyridine rings is 1. The maximum Gasteiger partial charge on any atom is 0.231 e. The van der Waals surface area contributed by atoms with E-state index in [0.717, 1.165) is 42.6 Å². The van der Waals surface area contributed by atoms with Gasteiger partial charge in [-0.1, -0.05) is 25.3 Å². The topological polar surface area (TPSA) is 80.1 Å². The third-order valence-corrected chi connectivity index (χ3v) is 5.78. The highest BCUT2D eigenvalue weighted by molar-refractivity contribution is 5.86. The molecule has 28 heavy (non-hydrogen) atoms. The minimum absolute atomic E-state index is 0.101. The van der Waals surface area contributed by atoms with Gasteiger partial charge in [0.25, 0.3) is 0 Å². The molecule has 0 bridgehead atoms. The van der Waals surface area contributed by atoms with Crippen molar-refractivity contribution in [2.75, 3.05) is 6.54 Å². The van der Waals surface area contributed by atoms with E-state index in [2.05, 4.69) is 15.4 Å². The molecule has 7 heteroatoms. The molecule has 1 aliphatic carbocycles. The second-order valence-corrected chi connectivity index (χ2v) is 7.86. The van der Waals surface area contributed by atoms with Crippen molar-refractivity contribution in [3.63, 3.8) is 0 Å². The highest BCUT2D eigenvalue weighted by Gasteiger charge is 2.37. The fourth-order valence-corrected chi connectivity index (χ4v) is 4.33. The summed E-state index contributed by atoms with van der Waals surface area (Å²) in [5.41, 5.74) is 2.56. The van der Waals surface area contributed by atoms with Crippen LogP contribution in [0.4, 0.5) is 0 Å². The molecule has 2 aromatic rings. The Morgan fingerprint density at radius 3 is 2.79 bits per heavy atom. The number of nitrogens with zero attached hydrogens (tertiary/aromatic N) is 4. The van der Waals surface area contributed by atoms with E-state index >= 15 is 0 Å². The van der Waals surface area contributed by atoms with Gasteiger partial charge in [0.15, 0.2) is 0 Å². The lowest BCUT2D eigenvalue weighted by Crippen LogP contribution is -2.45. The van der Waals surface area contributed by atoms with Gasteiger partial charge in [0, 0.05) is 44.0 Å². The van der Waals surface area contributed by atoms with Crippen molar-refractivity contribution in [3.05, 3.63) is 47.5 Å². The largest absolute Gasteiger partial charge is 0.350 e. The van der Waals surface area contributed by atoms with Crippen molar-refractivity contribution < 1.29 is 9.59 Å². The summed E-state index contributed by atoms with van der Waals surface area (Å²) in [6, 6.07) is 5.63. The van der Waals surface area contributed by atoms with E-state index in [4.69, 9.17) is 0 Å². The Morgan fingerprint density at radius 2 is 2.04 bits per heavy atom. The standard InChI is InChI=1S/C21H27N5O2/c1-25-12-16-13-26(21(28)15-7-3-2-4-8-15)14-18(19(16)24-25)20(27)23-11-17-9-5-6-10-22-17/h5-6,9-10,12,15,18H,2-4,7-8,11,13-14H2,1H3,(H,23,27)/t18-/m1/s1. The number of carbonyl (C=O) groups is 2. The molecule has 0 saturated heterocycles. The first-order valence-corrected chi connectivity index (χ1v) is 10.1. The summed E-state index contributed by atoms with van der Waals surface area (Å²) in [6.07, 6.45) is 9.03. The van der Waals surface area contributed by atoms with Crippen molar-refractivity contribution in [2.24, 2.45) is 13.0 Å². The van der Waals surface area contributed by atoms with E-state index in [1.165, 1.54) is 6.42 Å². The Labute approximate surface area is 165 Å². The first-order chi connectivity index (χ1) is 13.6. The molecule has 7 nitrogen and oxygen atoms in total. The Kier molecular flexibility index (Phi) is 5.41. The Balaban J connectivity index is 1.50. The van der Waals surface area contributed by atoms with Crippen molar-refractivity contribution in [1.29, 1.82) is 0 Å². The number of aryl methyl sites for hydroxylation is 1. The van der Waals surface area contributed by atoms with Crippen LogP contribution in [0, 0.1) is 5.92 Å². The number of hydrogen-bond donors (Lipinski definition) is 1. The molecule has 0 unspecified atom stereocenters. The summed E-state index contributed by atoms with van der Waals surface area (Å²) < 4.78 is 1.73. The van der Waals surface area contributed by atoms with Crippen LogP contribution < -0.4 is 5.32 Å². The number of rotatable bonds is 4. The van der Waals surface area contributed by atoms with Gasteiger partial charge in [-0.25, -0.2) is 0 Å². The first-order valence-electron chi connectivity index (χ1n) is 10.1. The average molecular weight is 381 g/mol. The van der Waals surface area contributed by atoms with Crippen LogP contribution in [-0.2, 0) is 29.7 Å². The highest BCUT2D eigenvalue weighted by Crippen LogP contribution is 2.31. The van der Waals surface area contributed by atoms with E-state index in [0.29, 0.717) is 19.6 Å². The van der Waals surface area contributed by atoms with Gasteiger partial charge < -0.3 is 10.2 Å². The van der Waals surface area contributed by atoms with Crippen LogP contribution in [0.2, 0.25) is 0 Å². The minimum atomic E-state index is -0.443. The molecule has 2 amide bonds. The van der Waals surface area contributed by atoms with Crippen molar-refractivity contribution >= 4 is 11.8 Å². The Hall–Kier alpha value is -2.70. The molecule has 1 fully saturated rings. The van der Waals surface area contributed by atoms with Crippen molar-refractivity contribution in [3.8, 4) is 0 Å². The SMILES string of the molecule is Cn1cc2c(n1)[C@H](C(=O)NCc1ccccn1)CN(C(=O)C1CCCCC1)C2. The number of aromatic nitrogens is 3. The molecule has 2 aromatic heterocycles. The lowest BCUT2D eigenvalue weighted by atomic mass is 9.87. The van der Waals surface area contributed by atoms with Crippen LogP contribution in [0.1, 0.15) is 55.0 Å². The summed E-state index contributed by atoms with van der Waals surface area (Å²) in [4.78, 5) is 32.2. The van der Waals surface area contributed by atoms with Gasteiger partial charge in [-0.15, -0.1) is 0 Å². The number of fused-ring (bicyclic) bond motifs is 1. The third kappa shape index (κ3) is 3.93. The molecule has 1 aliphatic heterocycles. The quantitative estimate of drug-likeness (QED) is 0.880. The Morgan fingerprint density at radius 1 is 1.21 bits per heavy atom. The lowest BCUT2D eigenvalue weighted by Gasteiger charge is -2.34. The monoisotopic (exact) mass is 381 g/mol. The molecular weight excluding hydrogens is 354 g/mol. The second kappa shape index (κ2) is 8.12. The van der Waals surface area contributed by atoms with Crippen LogP contribution in [0.25, 0.3) is 0 Å². The van der Waals surface area contributed by atoms with Crippen LogP contribution in [0.15, 0.2) is 30.6 Å².